The van der Waals surface area contributed by atoms with Crippen LogP contribution in [0.1, 0.15) is 15.4 Å². The van der Waals surface area contributed by atoms with Crippen LogP contribution in [0.3, 0.4) is 0 Å². The molecule has 0 radical (unpaired) electrons. The quantitative estimate of drug-likeness (QED) is 0.629. The van der Waals surface area contributed by atoms with E-state index in [2.05, 4.69) is 11.1 Å². The molecular weight excluding hydrogens is 376 g/mol. The summed E-state index contributed by atoms with van der Waals surface area (Å²) in [4.78, 5) is 22.7. The van der Waals surface area contributed by atoms with Crippen molar-refractivity contribution in [1.29, 1.82) is 5.26 Å². The molecule has 3 aromatic rings. The van der Waals surface area contributed by atoms with Gasteiger partial charge < -0.3 is 18.6 Å². The molecule has 1 fully saturated rings. The molecule has 0 unspecified atom stereocenters. The fraction of sp³-hybridized carbons (Fsp3) is 0.250. The molecular formula is C20H18N4O3S. The number of carbonyl (C=O) groups excluding carboxylic acids is 1. The van der Waals surface area contributed by atoms with Gasteiger partial charge in [-0.2, -0.15) is 10.2 Å². The maximum Gasteiger partial charge on any atom is 0.266 e. The highest BCUT2D eigenvalue weighted by Crippen LogP contribution is 2.29. The number of furan rings is 1. The van der Waals surface area contributed by atoms with Gasteiger partial charge in [0.05, 0.1) is 6.26 Å². The van der Waals surface area contributed by atoms with Gasteiger partial charge in [0.15, 0.2) is 5.76 Å². The third kappa shape index (κ3) is 3.70. The van der Waals surface area contributed by atoms with Gasteiger partial charge in [-0.05, 0) is 37.3 Å². The number of carbonyl (C=O) groups is 1. The van der Waals surface area contributed by atoms with Crippen molar-refractivity contribution in [2.45, 2.75) is 6.92 Å². The van der Waals surface area contributed by atoms with E-state index in [-0.39, 0.29) is 17.5 Å². The number of nitriles is 1. The second-order valence-corrected chi connectivity index (χ2v) is 7.68. The summed E-state index contributed by atoms with van der Waals surface area (Å²) in [7, 11) is 0. The van der Waals surface area contributed by atoms with Crippen LogP contribution in [-0.2, 0) is 4.79 Å². The van der Waals surface area contributed by atoms with Crippen molar-refractivity contribution >= 4 is 29.2 Å². The van der Waals surface area contributed by atoms with Crippen LogP contribution in [0.25, 0.3) is 17.7 Å². The van der Waals surface area contributed by atoms with E-state index < -0.39 is 0 Å². The Morgan fingerprint density at radius 3 is 2.75 bits per heavy atom. The van der Waals surface area contributed by atoms with Crippen LogP contribution < -0.4 is 4.90 Å². The van der Waals surface area contributed by atoms with Crippen molar-refractivity contribution in [3.63, 3.8) is 0 Å². The first-order chi connectivity index (χ1) is 13.6. The van der Waals surface area contributed by atoms with Gasteiger partial charge in [0.25, 0.3) is 5.89 Å². The number of anilines is 1. The van der Waals surface area contributed by atoms with Gasteiger partial charge in [-0.1, -0.05) is 0 Å². The average Bonchev–Trinajstić information content (AvgIpc) is 3.46. The van der Waals surface area contributed by atoms with Crippen molar-refractivity contribution < 1.29 is 13.6 Å². The SMILES string of the molecule is Cc1ccc(/C=C/C(=O)N2CCN(c3oc(-c4ccco4)nc3C#N)CC2)s1. The fourth-order valence-electron chi connectivity index (χ4n) is 3.04. The summed E-state index contributed by atoms with van der Waals surface area (Å²) in [6.45, 7) is 4.28. The molecule has 0 aromatic carbocycles. The van der Waals surface area contributed by atoms with E-state index in [1.807, 2.05) is 30.0 Å². The molecule has 0 atom stereocenters. The Hall–Kier alpha value is -3.31. The molecule has 28 heavy (non-hydrogen) atoms. The molecule has 1 aliphatic heterocycles. The van der Waals surface area contributed by atoms with Crippen LogP contribution in [-0.4, -0.2) is 42.0 Å². The Morgan fingerprint density at radius 2 is 2.11 bits per heavy atom. The van der Waals surface area contributed by atoms with E-state index in [4.69, 9.17) is 8.83 Å². The highest BCUT2D eigenvalue weighted by atomic mass is 32.1. The normalized spacial score (nSPS) is 14.6. The Kier molecular flexibility index (Phi) is 5.00. The van der Waals surface area contributed by atoms with E-state index in [1.165, 1.54) is 11.1 Å². The van der Waals surface area contributed by atoms with Gasteiger partial charge >= 0.3 is 0 Å². The highest BCUT2D eigenvalue weighted by Gasteiger charge is 2.26. The van der Waals surface area contributed by atoms with E-state index in [9.17, 15) is 10.1 Å². The topological polar surface area (TPSA) is 86.5 Å². The molecule has 1 saturated heterocycles. The number of oxazole rings is 1. The minimum Gasteiger partial charge on any atom is -0.459 e. The predicted octanol–water partition coefficient (Wildman–Crippen LogP) is 3.54. The lowest BCUT2D eigenvalue weighted by atomic mass is 10.3. The molecule has 7 nitrogen and oxygen atoms in total. The number of hydrogen-bond donors (Lipinski definition) is 0. The molecule has 1 aliphatic rings. The monoisotopic (exact) mass is 394 g/mol. The van der Waals surface area contributed by atoms with Crippen molar-refractivity contribution in [2.75, 3.05) is 31.1 Å². The first kappa shape index (κ1) is 18.1. The van der Waals surface area contributed by atoms with Crippen molar-refractivity contribution in [3.05, 3.63) is 52.1 Å². The zero-order chi connectivity index (χ0) is 19.5. The van der Waals surface area contributed by atoms with Gasteiger partial charge in [0.2, 0.25) is 17.5 Å². The van der Waals surface area contributed by atoms with E-state index in [0.29, 0.717) is 37.8 Å². The Bertz CT molecular complexity index is 1030. The average molecular weight is 394 g/mol. The predicted molar refractivity (Wildman–Crippen MR) is 106 cm³/mol. The van der Waals surface area contributed by atoms with Crippen LogP contribution in [0.4, 0.5) is 5.88 Å². The van der Waals surface area contributed by atoms with Gasteiger partial charge in [-0.25, -0.2) is 0 Å². The maximum absolute atomic E-state index is 12.4. The second-order valence-electron chi connectivity index (χ2n) is 6.36. The molecule has 0 spiro atoms. The summed E-state index contributed by atoms with van der Waals surface area (Å²) in [5.74, 6) is 1.17. The van der Waals surface area contributed by atoms with Crippen molar-refractivity contribution in [2.24, 2.45) is 0 Å². The van der Waals surface area contributed by atoms with E-state index in [0.717, 1.165) is 4.88 Å². The lowest BCUT2D eigenvalue weighted by molar-refractivity contribution is -0.126. The molecule has 0 aliphatic carbocycles. The summed E-state index contributed by atoms with van der Waals surface area (Å²) in [5, 5.41) is 9.38. The van der Waals surface area contributed by atoms with Crippen LogP contribution in [0, 0.1) is 18.3 Å². The number of piperazine rings is 1. The Morgan fingerprint density at radius 1 is 1.29 bits per heavy atom. The van der Waals surface area contributed by atoms with Crippen LogP contribution in [0.2, 0.25) is 0 Å². The Labute approximate surface area is 166 Å². The van der Waals surface area contributed by atoms with Gasteiger partial charge in [-0.3, -0.25) is 4.79 Å². The number of hydrogen-bond acceptors (Lipinski definition) is 7. The first-order valence-corrected chi connectivity index (χ1v) is 9.69. The van der Waals surface area contributed by atoms with Crippen LogP contribution >= 0.6 is 11.3 Å². The van der Waals surface area contributed by atoms with E-state index >= 15 is 0 Å². The zero-order valence-corrected chi connectivity index (χ0v) is 16.1. The minimum atomic E-state index is -0.0138. The van der Waals surface area contributed by atoms with Gasteiger partial charge in [-0.15, -0.1) is 11.3 Å². The zero-order valence-electron chi connectivity index (χ0n) is 15.3. The van der Waals surface area contributed by atoms with E-state index in [1.54, 1.807) is 34.4 Å². The smallest absolute Gasteiger partial charge is 0.266 e. The summed E-state index contributed by atoms with van der Waals surface area (Å²) >= 11 is 1.66. The highest BCUT2D eigenvalue weighted by molar-refractivity contribution is 7.12. The molecule has 142 valence electrons. The maximum atomic E-state index is 12.4. The van der Waals surface area contributed by atoms with Crippen LogP contribution in [0.5, 0.6) is 0 Å². The largest absolute Gasteiger partial charge is 0.459 e. The summed E-state index contributed by atoms with van der Waals surface area (Å²) in [6.07, 6.45) is 5.00. The standard InChI is InChI=1S/C20H18N4O3S/c1-14-4-5-15(28-14)6-7-18(25)23-8-10-24(11-9-23)20-16(13-21)22-19(27-20)17-3-2-12-26-17/h2-7,12H,8-11H2,1H3/b7-6+. The van der Waals surface area contributed by atoms with Crippen molar-refractivity contribution in [1.82, 2.24) is 9.88 Å². The lowest BCUT2D eigenvalue weighted by Gasteiger charge is -2.33. The number of thiophene rings is 1. The van der Waals surface area contributed by atoms with Crippen LogP contribution in [0.15, 0.2) is 45.4 Å². The molecule has 0 saturated carbocycles. The molecule has 0 bridgehead atoms. The molecule has 4 heterocycles. The third-order valence-electron chi connectivity index (χ3n) is 4.48. The number of rotatable bonds is 4. The first-order valence-electron chi connectivity index (χ1n) is 8.87. The third-order valence-corrected chi connectivity index (χ3v) is 5.44. The molecule has 1 amide bonds. The van der Waals surface area contributed by atoms with Crippen molar-refractivity contribution in [3.8, 4) is 17.7 Å². The number of aromatic nitrogens is 1. The number of aryl methyl sites for hydroxylation is 1. The summed E-state index contributed by atoms with van der Waals surface area (Å²) in [5.41, 5.74) is 0.221. The lowest BCUT2D eigenvalue weighted by Crippen LogP contribution is -2.48. The minimum absolute atomic E-state index is 0.0138. The number of nitrogens with zero attached hydrogens (tertiary/aromatic N) is 4. The summed E-state index contributed by atoms with van der Waals surface area (Å²) < 4.78 is 11.1. The Balaban J connectivity index is 1.41. The molecule has 4 rings (SSSR count). The van der Waals surface area contributed by atoms with Gasteiger partial charge in [0.1, 0.15) is 6.07 Å². The summed E-state index contributed by atoms with van der Waals surface area (Å²) in [6, 6.07) is 9.58. The number of amides is 1. The molecule has 3 aromatic heterocycles. The fourth-order valence-corrected chi connectivity index (χ4v) is 3.82. The molecule has 0 N–H and O–H groups in total. The van der Waals surface area contributed by atoms with Gasteiger partial charge in [0, 0.05) is 42.0 Å². The molecule has 8 heteroatoms. The second kappa shape index (κ2) is 7.74.